The standard InChI is InChI=1S/C24H22FN7O/c1-15-11-16(6-7-18(15)25)21-22(32-20(31-21)5-4-9-29-32)17-8-10-27-19(12-17)30-23(33)28-14-24(2,3)13-26/h4-12H,14H2,1-3H3,(H2,27,28,30,33). The molecule has 0 spiro atoms. The van der Waals surface area contributed by atoms with E-state index in [0.717, 1.165) is 11.1 Å². The van der Waals surface area contributed by atoms with Crippen LogP contribution in [0.5, 0.6) is 0 Å². The van der Waals surface area contributed by atoms with Crippen molar-refractivity contribution in [2.24, 2.45) is 5.41 Å². The number of aromatic nitrogens is 4. The molecule has 0 saturated carbocycles. The Labute approximate surface area is 190 Å². The monoisotopic (exact) mass is 443 g/mol. The Morgan fingerprint density at radius 2 is 2.00 bits per heavy atom. The van der Waals surface area contributed by atoms with Crippen LogP contribution in [0.3, 0.4) is 0 Å². The van der Waals surface area contributed by atoms with Crippen molar-refractivity contribution in [3.63, 3.8) is 0 Å². The van der Waals surface area contributed by atoms with E-state index < -0.39 is 11.4 Å². The number of carbonyl (C=O) groups excluding carboxylic acids is 1. The van der Waals surface area contributed by atoms with Gasteiger partial charge in [-0.25, -0.2) is 23.7 Å². The van der Waals surface area contributed by atoms with E-state index in [9.17, 15) is 9.18 Å². The van der Waals surface area contributed by atoms with Crippen LogP contribution in [0, 0.1) is 29.5 Å². The van der Waals surface area contributed by atoms with Gasteiger partial charge in [-0.2, -0.15) is 10.4 Å². The molecule has 3 aromatic heterocycles. The van der Waals surface area contributed by atoms with Crippen LogP contribution < -0.4 is 10.6 Å². The van der Waals surface area contributed by atoms with Crippen molar-refractivity contribution >= 4 is 17.5 Å². The summed E-state index contributed by atoms with van der Waals surface area (Å²) in [6.07, 6.45) is 3.23. The number of rotatable bonds is 5. The molecule has 4 rings (SSSR count). The Bertz CT molecular complexity index is 1390. The van der Waals surface area contributed by atoms with E-state index >= 15 is 0 Å². The number of benzene rings is 1. The zero-order valence-electron chi connectivity index (χ0n) is 18.4. The highest BCUT2D eigenvalue weighted by molar-refractivity contribution is 5.90. The molecule has 2 amide bonds. The van der Waals surface area contributed by atoms with Gasteiger partial charge in [-0.05, 0) is 68.8 Å². The lowest BCUT2D eigenvalue weighted by molar-refractivity contribution is 0.249. The first kappa shape index (κ1) is 21.9. The second-order valence-electron chi connectivity index (χ2n) is 8.30. The van der Waals surface area contributed by atoms with Gasteiger partial charge in [-0.1, -0.05) is 0 Å². The molecule has 166 valence electrons. The number of nitrogens with one attached hydrogen (secondary N) is 2. The second kappa shape index (κ2) is 8.67. The van der Waals surface area contributed by atoms with Crippen LogP contribution in [0.15, 0.2) is 54.9 Å². The Balaban J connectivity index is 1.72. The van der Waals surface area contributed by atoms with E-state index in [2.05, 4.69) is 26.8 Å². The summed E-state index contributed by atoms with van der Waals surface area (Å²) >= 11 is 0. The zero-order chi connectivity index (χ0) is 23.6. The molecule has 0 bridgehead atoms. The van der Waals surface area contributed by atoms with E-state index in [4.69, 9.17) is 10.2 Å². The molecule has 0 aliphatic carbocycles. The van der Waals surface area contributed by atoms with E-state index in [-0.39, 0.29) is 12.4 Å². The fourth-order valence-electron chi connectivity index (χ4n) is 3.29. The van der Waals surface area contributed by atoms with Gasteiger partial charge in [-0.15, -0.1) is 0 Å². The molecule has 0 unspecified atom stereocenters. The maximum absolute atomic E-state index is 13.9. The second-order valence-corrected chi connectivity index (χ2v) is 8.30. The maximum Gasteiger partial charge on any atom is 0.320 e. The summed E-state index contributed by atoms with van der Waals surface area (Å²) in [5, 5.41) is 18.9. The molecular weight excluding hydrogens is 421 g/mol. The summed E-state index contributed by atoms with van der Waals surface area (Å²) in [5.74, 6) is 0.0371. The molecule has 33 heavy (non-hydrogen) atoms. The van der Waals surface area contributed by atoms with E-state index in [0.29, 0.717) is 28.4 Å². The molecule has 0 aliphatic rings. The van der Waals surface area contributed by atoms with Crippen LogP contribution in [0.4, 0.5) is 15.0 Å². The lowest BCUT2D eigenvalue weighted by atomic mass is 9.96. The summed E-state index contributed by atoms with van der Waals surface area (Å²) in [4.78, 5) is 21.2. The third-order valence-corrected chi connectivity index (χ3v) is 5.09. The fourth-order valence-corrected chi connectivity index (χ4v) is 3.29. The summed E-state index contributed by atoms with van der Waals surface area (Å²) < 4.78 is 15.6. The summed E-state index contributed by atoms with van der Waals surface area (Å²) in [6, 6.07) is 13.6. The predicted molar refractivity (Wildman–Crippen MR) is 123 cm³/mol. The number of imidazole rings is 1. The Hall–Kier alpha value is -4.32. The van der Waals surface area contributed by atoms with Gasteiger partial charge in [0.15, 0.2) is 5.65 Å². The quantitative estimate of drug-likeness (QED) is 0.469. The summed E-state index contributed by atoms with van der Waals surface area (Å²) in [5.41, 5.74) is 3.25. The molecule has 0 atom stereocenters. The van der Waals surface area contributed by atoms with Gasteiger partial charge in [0.2, 0.25) is 0 Å². The number of carbonyl (C=O) groups is 1. The third-order valence-electron chi connectivity index (χ3n) is 5.09. The highest BCUT2D eigenvalue weighted by Crippen LogP contribution is 2.33. The van der Waals surface area contributed by atoms with Crippen LogP contribution >= 0.6 is 0 Å². The van der Waals surface area contributed by atoms with Gasteiger partial charge in [-0.3, -0.25) is 5.32 Å². The molecule has 2 N–H and O–H groups in total. The van der Waals surface area contributed by atoms with E-state index in [1.165, 1.54) is 6.07 Å². The molecule has 9 heteroatoms. The van der Waals surface area contributed by atoms with Gasteiger partial charge in [0.25, 0.3) is 0 Å². The number of halogens is 1. The first-order chi connectivity index (χ1) is 15.8. The third kappa shape index (κ3) is 4.65. The minimum Gasteiger partial charge on any atom is -0.336 e. The number of hydrogen-bond acceptors (Lipinski definition) is 5. The van der Waals surface area contributed by atoms with Crippen LogP contribution in [0.1, 0.15) is 19.4 Å². The van der Waals surface area contributed by atoms with Gasteiger partial charge in [0, 0.05) is 30.1 Å². The Kier molecular flexibility index (Phi) is 5.75. The van der Waals surface area contributed by atoms with E-state index in [1.54, 1.807) is 68.0 Å². The van der Waals surface area contributed by atoms with Gasteiger partial charge >= 0.3 is 6.03 Å². The first-order valence-corrected chi connectivity index (χ1v) is 10.3. The number of pyridine rings is 1. The maximum atomic E-state index is 13.9. The molecule has 4 aromatic rings. The number of hydrogen-bond donors (Lipinski definition) is 2. The largest absolute Gasteiger partial charge is 0.336 e. The van der Waals surface area contributed by atoms with Crippen molar-refractivity contribution in [2.75, 3.05) is 11.9 Å². The highest BCUT2D eigenvalue weighted by atomic mass is 19.1. The van der Waals surface area contributed by atoms with Crippen molar-refractivity contribution in [1.82, 2.24) is 24.9 Å². The predicted octanol–water partition coefficient (Wildman–Crippen LogP) is 4.58. The van der Waals surface area contributed by atoms with Crippen LogP contribution in [-0.4, -0.2) is 32.2 Å². The smallest absolute Gasteiger partial charge is 0.320 e. The molecule has 1 aromatic carbocycles. The molecule has 0 saturated heterocycles. The summed E-state index contributed by atoms with van der Waals surface area (Å²) in [7, 11) is 0. The molecular formula is C24H22FN7O. The van der Waals surface area contributed by atoms with Crippen LogP contribution in [0.2, 0.25) is 0 Å². The average Bonchev–Trinajstić information content (AvgIpc) is 3.19. The van der Waals surface area contributed by atoms with Crippen molar-refractivity contribution in [1.29, 1.82) is 5.26 Å². The highest BCUT2D eigenvalue weighted by Gasteiger charge is 2.20. The van der Waals surface area contributed by atoms with Crippen molar-refractivity contribution in [3.8, 4) is 28.6 Å². The Morgan fingerprint density at radius 3 is 2.76 bits per heavy atom. The molecule has 8 nitrogen and oxygen atoms in total. The average molecular weight is 443 g/mol. The summed E-state index contributed by atoms with van der Waals surface area (Å²) in [6.45, 7) is 5.37. The number of nitriles is 1. The number of anilines is 1. The molecule has 0 aliphatic heterocycles. The van der Waals surface area contributed by atoms with Crippen molar-refractivity contribution in [2.45, 2.75) is 20.8 Å². The normalized spacial score (nSPS) is 11.2. The van der Waals surface area contributed by atoms with E-state index in [1.807, 2.05) is 6.07 Å². The Morgan fingerprint density at radius 1 is 1.18 bits per heavy atom. The molecule has 0 fully saturated rings. The lowest BCUT2D eigenvalue weighted by Gasteiger charge is -2.16. The van der Waals surface area contributed by atoms with Crippen LogP contribution in [0.25, 0.3) is 28.2 Å². The number of amides is 2. The minimum atomic E-state index is -0.684. The van der Waals surface area contributed by atoms with Gasteiger partial charge < -0.3 is 5.32 Å². The van der Waals surface area contributed by atoms with Crippen molar-refractivity contribution in [3.05, 3.63) is 66.2 Å². The first-order valence-electron chi connectivity index (χ1n) is 10.3. The number of aryl methyl sites for hydroxylation is 1. The number of urea groups is 1. The minimum absolute atomic E-state index is 0.195. The number of fused-ring (bicyclic) bond motifs is 1. The van der Waals surface area contributed by atoms with Crippen LogP contribution in [-0.2, 0) is 0 Å². The molecule has 0 radical (unpaired) electrons. The lowest BCUT2D eigenvalue weighted by Crippen LogP contribution is -2.36. The topological polar surface area (TPSA) is 108 Å². The number of nitrogens with zero attached hydrogens (tertiary/aromatic N) is 5. The van der Waals surface area contributed by atoms with Gasteiger partial charge in [0.05, 0.1) is 17.2 Å². The van der Waals surface area contributed by atoms with Gasteiger partial charge in [0.1, 0.15) is 17.3 Å². The molecule has 3 heterocycles. The fraction of sp³-hybridized carbons (Fsp3) is 0.208. The zero-order valence-corrected chi connectivity index (χ0v) is 18.4. The van der Waals surface area contributed by atoms with Crippen molar-refractivity contribution < 1.29 is 9.18 Å². The SMILES string of the molecule is Cc1cc(-c2nc3cccnn3c2-c2ccnc(NC(=O)NCC(C)(C)C#N)c2)ccc1F.